The average Bonchev–Trinajstić information content (AvgIpc) is 3.76. The minimum absolute atomic E-state index is 0.290. The largest absolute Gasteiger partial charge is 0.496 e. The highest BCUT2D eigenvalue weighted by Crippen LogP contribution is 2.47. The number of hydrogen-bond acceptors (Lipinski definition) is 9. The minimum Gasteiger partial charge on any atom is -0.496 e. The van der Waals surface area contributed by atoms with E-state index in [0.717, 1.165) is 32.9 Å². The molecule has 0 unspecified atom stereocenters. The monoisotopic (exact) mass is 654 g/mol. The third-order valence-electron chi connectivity index (χ3n) is 9.41. The van der Waals surface area contributed by atoms with Crippen molar-refractivity contribution in [2.45, 2.75) is 81.7 Å². The number of hydrogen-bond donors (Lipinski definition) is 3. The van der Waals surface area contributed by atoms with E-state index in [-0.39, 0.29) is 17.9 Å². The lowest BCUT2D eigenvalue weighted by atomic mass is 10.1. The number of rotatable bonds is 11. The number of fused-ring (bicyclic) bond motifs is 1. The van der Waals surface area contributed by atoms with Gasteiger partial charge in [0.15, 0.2) is 12.1 Å². The van der Waals surface area contributed by atoms with E-state index >= 15 is 0 Å². The molecule has 13 heteroatoms. The van der Waals surface area contributed by atoms with Crippen molar-refractivity contribution in [1.29, 1.82) is 0 Å². The summed E-state index contributed by atoms with van der Waals surface area (Å²) < 4.78 is 38.9. The molecule has 2 aromatic heterocycles. The van der Waals surface area contributed by atoms with Gasteiger partial charge in [0.1, 0.15) is 34.3 Å². The highest BCUT2D eigenvalue weighted by molar-refractivity contribution is 7.91. The van der Waals surface area contributed by atoms with E-state index in [1.165, 1.54) is 11.3 Å². The maximum atomic E-state index is 13.5. The number of pyridine rings is 1. The van der Waals surface area contributed by atoms with Crippen LogP contribution in [0.25, 0.3) is 21.6 Å². The van der Waals surface area contributed by atoms with Crippen molar-refractivity contribution < 1.29 is 32.8 Å². The average molecular weight is 655 g/mol. The zero-order chi connectivity index (χ0) is 32.3. The third kappa shape index (κ3) is 5.70. The maximum absolute atomic E-state index is 13.5. The van der Waals surface area contributed by atoms with E-state index in [0.29, 0.717) is 49.6 Å². The van der Waals surface area contributed by atoms with Crippen molar-refractivity contribution in [1.82, 2.24) is 20.0 Å². The number of carbonyl (C=O) groups excluding carboxylic acids is 2. The number of thiazole rings is 1. The van der Waals surface area contributed by atoms with E-state index in [4.69, 9.17) is 19.4 Å². The Morgan fingerprint density at radius 2 is 1.98 bits per heavy atom. The Kier molecular flexibility index (Phi) is 7.93. The molecule has 11 nitrogen and oxygen atoms in total. The van der Waals surface area contributed by atoms with Crippen LogP contribution in [0.2, 0.25) is 0 Å². The molecule has 6 rings (SSSR count). The summed E-state index contributed by atoms with van der Waals surface area (Å²) in [5.74, 6) is 0.273. The molecule has 3 fully saturated rings. The molecule has 2 amide bonds. The Balaban J connectivity index is 1.20. The Hall–Kier alpha value is -3.55. The predicted octanol–water partition coefficient (Wildman–Crippen LogP) is 2.94. The number of amides is 2. The van der Waals surface area contributed by atoms with Crippen LogP contribution in [-0.2, 0) is 19.6 Å². The van der Waals surface area contributed by atoms with Crippen LogP contribution < -0.4 is 24.8 Å². The molecule has 0 bridgehead atoms. The number of benzene rings is 1. The SMILES string of the molecule is C=C[C@@H]1C[C@]1(NC(=O)[C@@H]1C[C@@H](Oc2cc(-c3nc(C(C)C)cs3)nc3c(C)c(OC)ccc23)C[NH2+]1)C(=O)NS(=O)(=O)C1(C)CC1. The molecule has 0 radical (unpaired) electrons. The second-order valence-corrected chi connectivity index (χ2v) is 16.0. The van der Waals surface area contributed by atoms with Gasteiger partial charge in [0.2, 0.25) is 10.0 Å². The first-order valence-corrected chi connectivity index (χ1v) is 17.6. The lowest BCUT2D eigenvalue weighted by Gasteiger charge is -2.21. The second-order valence-electron chi connectivity index (χ2n) is 13.0. The molecule has 1 aliphatic heterocycles. The number of quaternary nitrogens is 1. The maximum Gasteiger partial charge on any atom is 0.279 e. The first kappa shape index (κ1) is 31.4. The van der Waals surface area contributed by atoms with E-state index in [2.05, 4.69) is 30.5 Å². The summed E-state index contributed by atoms with van der Waals surface area (Å²) >= 11 is 1.54. The summed E-state index contributed by atoms with van der Waals surface area (Å²) in [7, 11) is -2.21. The first-order valence-electron chi connectivity index (χ1n) is 15.3. The van der Waals surface area contributed by atoms with Gasteiger partial charge < -0.3 is 20.1 Å². The van der Waals surface area contributed by atoms with Gasteiger partial charge in [-0.1, -0.05) is 19.9 Å². The number of methoxy groups -OCH3 is 1. The molecule has 1 aromatic carbocycles. The van der Waals surface area contributed by atoms with Gasteiger partial charge in [0, 0.05) is 28.3 Å². The van der Waals surface area contributed by atoms with Crippen LogP contribution in [0.5, 0.6) is 11.5 Å². The van der Waals surface area contributed by atoms with Gasteiger partial charge in [-0.15, -0.1) is 17.9 Å². The van der Waals surface area contributed by atoms with Crippen LogP contribution in [-0.4, -0.2) is 66.3 Å². The van der Waals surface area contributed by atoms with Gasteiger partial charge in [0.05, 0.1) is 29.5 Å². The summed E-state index contributed by atoms with van der Waals surface area (Å²) in [6.45, 7) is 12.1. The van der Waals surface area contributed by atoms with E-state index in [1.54, 1.807) is 20.1 Å². The topological polar surface area (TPSA) is 153 Å². The van der Waals surface area contributed by atoms with E-state index in [9.17, 15) is 18.0 Å². The van der Waals surface area contributed by atoms with E-state index < -0.39 is 32.3 Å². The lowest BCUT2D eigenvalue weighted by Crippen LogP contribution is -2.90. The molecule has 1 saturated heterocycles. The highest BCUT2D eigenvalue weighted by Gasteiger charge is 2.62. The Morgan fingerprint density at radius 1 is 1.22 bits per heavy atom. The fourth-order valence-electron chi connectivity index (χ4n) is 5.89. The number of nitrogens with one attached hydrogen (secondary N) is 2. The highest BCUT2D eigenvalue weighted by atomic mass is 32.2. The van der Waals surface area contributed by atoms with Crippen molar-refractivity contribution in [3.8, 4) is 22.2 Å². The van der Waals surface area contributed by atoms with Gasteiger partial charge in [0.25, 0.3) is 11.8 Å². The fourth-order valence-corrected chi connectivity index (χ4v) is 8.14. The molecule has 240 valence electrons. The molecule has 4 atom stereocenters. The quantitative estimate of drug-likeness (QED) is 0.267. The first-order chi connectivity index (χ1) is 21.3. The smallest absolute Gasteiger partial charge is 0.279 e. The number of ether oxygens (including phenoxy) is 2. The molecule has 4 N–H and O–H groups in total. The number of aromatic nitrogens is 2. The summed E-state index contributed by atoms with van der Waals surface area (Å²) in [6, 6.07) is 5.22. The van der Waals surface area contributed by atoms with Crippen LogP contribution >= 0.6 is 11.3 Å². The fraction of sp³-hybridized carbons (Fsp3) is 0.500. The standard InChI is InChI=1S/C32H39N5O6S2/c1-7-19-14-32(19,30(39)37-45(40,41)31(5)10-11-31)36-28(38)22-12-20(15-33-22)43-26-13-23(29-35-24(16-44-29)17(2)3)34-27-18(4)25(42-6)9-8-21(26)27/h7-9,13,16-17,19-20,22,33H,1,10-12,14-15H2,2-6H3,(H,36,38)(H,37,39)/p+1/t19-,20-,22+,32-/m1/s1. The molecule has 3 aliphatic rings. The predicted molar refractivity (Wildman–Crippen MR) is 172 cm³/mol. The lowest BCUT2D eigenvalue weighted by molar-refractivity contribution is -0.659. The summed E-state index contributed by atoms with van der Waals surface area (Å²) in [4.78, 5) is 36.5. The van der Waals surface area contributed by atoms with Gasteiger partial charge in [-0.25, -0.2) is 18.4 Å². The van der Waals surface area contributed by atoms with Gasteiger partial charge in [-0.3, -0.25) is 14.3 Å². The van der Waals surface area contributed by atoms with Crippen LogP contribution in [0, 0.1) is 12.8 Å². The zero-order valence-electron chi connectivity index (χ0n) is 26.2. The Labute approximate surface area is 267 Å². The molecular formula is C32H40N5O6S2+. The van der Waals surface area contributed by atoms with Crippen molar-refractivity contribution in [3.05, 3.63) is 47.5 Å². The Morgan fingerprint density at radius 3 is 2.60 bits per heavy atom. The molecule has 3 heterocycles. The minimum atomic E-state index is -3.84. The Bertz CT molecular complexity index is 1800. The van der Waals surface area contributed by atoms with Crippen LogP contribution in [0.3, 0.4) is 0 Å². The normalized spacial score (nSPS) is 25.2. The van der Waals surface area contributed by atoms with Crippen LogP contribution in [0.1, 0.15) is 63.6 Å². The molecule has 2 saturated carbocycles. The van der Waals surface area contributed by atoms with Crippen molar-refractivity contribution in [2.24, 2.45) is 5.92 Å². The zero-order valence-corrected chi connectivity index (χ0v) is 27.8. The molecule has 0 spiro atoms. The van der Waals surface area contributed by atoms with Crippen molar-refractivity contribution >= 4 is 44.1 Å². The van der Waals surface area contributed by atoms with Crippen molar-refractivity contribution in [3.63, 3.8) is 0 Å². The summed E-state index contributed by atoms with van der Waals surface area (Å²) in [5, 5.41) is 8.45. The van der Waals surface area contributed by atoms with Gasteiger partial charge in [-0.05, 0) is 51.2 Å². The molecular weight excluding hydrogens is 615 g/mol. The number of nitrogens with zero attached hydrogens (tertiary/aromatic N) is 2. The summed E-state index contributed by atoms with van der Waals surface area (Å²) in [5.41, 5.74) is 2.03. The van der Waals surface area contributed by atoms with Gasteiger partial charge in [-0.2, -0.15) is 0 Å². The number of nitrogens with two attached hydrogens (primary N) is 1. The molecule has 3 aromatic rings. The number of sulfonamides is 1. The van der Waals surface area contributed by atoms with Crippen LogP contribution in [0.4, 0.5) is 0 Å². The third-order valence-corrected chi connectivity index (χ3v) is 12.5. The van der Waals surface area contributed by atoms with Gasteiger partial charge >= 0.3 is 0 Å². The van der Waals surface area contributed by atoms with Crippen LogP contribution in [0.15, 0.2) is 36.2 Å². The summed E-state index contributed by atoms with van der Waals surface area (Å²) in [6.07, 6.45) is 3.01. The molecule has 45 heavy (non-hydrogen) atoms. The molecule has 2 aliphatic carbocycles. The number of aryl methyl sites for hydroxylation is 1. The number of carbonyl (C=O) groups is 2. The van der Waals surface area contributed by atoms with E-state index in [1.807, 2.05) is 35.8 Å². The second kappa shape index (κ2) is 11.4. The van der Waals surface area contributed by atoms with Crippen molar-refractivity contribution in [2.75, 3.05) is 13.7 Å².